The number of nitrogens with one attached hydrogen (secondary N) is 1. The van der Waals surface area contributed by atoms with Gasteiger partial charge in [-0.15, -0.1) is 0 Å². The van der Waals surface area contributed by atoms with E-state index in [-0.39, 0.29) is 11.6 Å². The van der Waals surface area contributed by atoms with Crippen molar-refractivity contribution in [3.63, 3.8) is 0 Å². The number of benzene rings is 3. The first-order valence-electron chi connectivity index (χ1n) is 14.7. The van der Waals surface area contributed by atoms with Crippen molar-refractivity contribution in [1.29, 1.82) is 0 Å². The molecular formula is C33H38ClF2N3O2S. The molecule has 0 aromatic heterocycles. The lowest BCUT2D eigenvalue weighted by atomic mass is 9.90. The van der Waals surface area contributed by atoms with Crippen LogP contribution in [0, 0.1) is 5.92 Å². The summed E-state index contributed by atoms with van der Waals surface area (Å²) in [5.41, 5.74) is 7.17. The number of ether oxygens (including phenoxy) is 1. The number of halogens is 3. The van der Waals surface area contributed by atoms with Crippen LogP contribution in [-0.4, -0.2) is 42.6 Å². The van der Waals surface area contributed by atoms with Gasteiger partial charge >= 0.3 is 0 Å². The van der Waals surface area contributed by atoms with Gasteiger partial charge in [0.1, 0.15) is 5.75 Å². The number of carbonyl (C=O) groups is 1. The van der Waals surface area contributed by atoms with Crippen LogP contribution in [0.15, 0.2) is 77.7 Å². The van der Waals surface area contributed by atoms with E-state index in [9.17, 15) is 4.79 Å². The number of likely N-dealkylation sites (tertiary alicyclic amines) is 1. The van der Waals surface area contributed by atoms with Crippen molar-refractivity contribution in [3.05, 3.63) is 83.4 Å². The Balaban J connectivity index is 1.32. The van der Waals surface area contributed by atoms with E-state index in [1.54, 1.807) is 36.4 Å². The second-order valence-corrected chi connectivity index (χ2v) is 12.7. The van der Waals surface area contributed by atoms with Crippen LogP contribution in [0.1, 0.15) is 50.5 Å². The van der Waals surface area contributed by atoms with Gasteiger partial charge in [0.2, 0.25) is 5.91 Å². The number of nitrogens with zero attached hydrogens (tertiary/aromatic N) is 1. The Kier molecular flexibility index (Phi) is 10.4. The average molecular weight is 614 g/mol. The summed E-state index contributed by atoms with van der Waals surface area (Å²) < 4.78 is 41.5. The minimum absolute atomic E-state index is 0.0229. The highest BCUT2D eigenvalue weighted by molar-refractivity contribution is 7.97. The van der Waals surface area contributed by atoms with Gasteiger partial charge in [0.15, 0.2) is 6.04 Å². The number of hydrogen-bond donors (Lipinski definition) is 2. The topological polar surface area (TPSA) is 67.6 Å². The molecule has 5 rings (SSSR count). The molecule has 1 saturated carbocycles. The van der Waals surface area contributed by atoms with Crippen LogP contribution in [0.4, 0.5) is 8.78 Å². The molecule has 1 heterocycles. The van der Waals surface area contributed by atoms with Crippen LogP contribution in [0.2, 0.25) is 5.02 Å². The molecule has 1 aliphatic carbocycles. The van der Waals surface area contributed by atoms with Crippen LogP contribution < -0.4 is 15.2 Å². The number of amides is 1. The summed E-state index contributed by atoms with van der Waals surface area (Å²) >= 11 is 7.04. The van der Waals surface area contributed by atoms with E-state index in [2.05, 4.69) is 4.72 Å². The predicted molar refractivity (Wildman–Crippen MR) is 166 cm³/mol. The molecule has 5 nitrogen and oxygen atoms in total. The van der Waals surface area contributed by atoms with Crippen LogP contribution in [0.5, 0.6) is 5.75 Å². The Labute approximate surface area is 256 Å². The van der Waals surface area contributed by atoms with Crippen molar-refractivity contribution in [2.45, 2.75) is 67.8 Å². The molecule has 3 aromatic carbocycles. The molecule has 3 aromatic rings. The maximum atomic E-state index is 16.3. The van der Waals surface area contributed by atoms with Crippen LogP contribution in [0.25, 0.3) is 11.1 Å². The van der Waals surface area contributed by atoms with Crippen molar-refractivity contribution in [3.8, 4) is 16.9 Å². The quantitative estimate of drug-likeness (QED) is 0.230. The minimum Gasteiger partial charge on any atom is -0.493 e. The van der Waals surface area contributed by atoms with Gasteiger partial charge in [-0.3, -0.25) is 4.79 Å². The lowest BCUT2D eigenvalue weighted by Gasteiger charge is -2.35. The molecule has 0 bridgehead atoms. The van der Waals surface area contributed by atoms with E-state index in [1.165, 1.54) is 49.1 Å². The Bertz CT molecular complexity index is 1310. The van der Waals surface area contributed by atoms with Gasteiger partial charge in [0, 0.05) is 34.6 Å². The zero-order valence-corrected chi connectivity index (χ0v) is 25.2. The normalized spacial score (nSPS) is 17.7. The van der Waals surface area contributed by atoms with E-state index in [4.69, 9.17) is 22.1 Å². The van der Waals surface area contributed by atoms with Gasteiger partial charge in [-0.1, -0.05) is 61.2 Å². The van der Waals surface area contributed by atoms with Crippen molar-refractivity contribution in [1.82, 2.24) is 9.62 Å². The molecule has 1 amide bonds. The average Bonchev–Trinajstić information content (AvgIpc) is 3.02. The number of piperidine rings is 1. The van der Waals surface area contributed by atoms with Gasteiger partial charge in [-0.2, -0.15) is 8.78 Å². The molecule has 224 valence electrons. The smallest absolute Gasteiger partial charge is 0.298 e. The van der Waals surface area contributed by atoms with E-state index >= 15 is 8.78 Å². The standard InChI is InChI=1S/C33H38ClF2N3O2S/c34-27-11-9-24(10-12-27)25-7-4-8-26(21-25)33(35,36)31(32(40)39-19-17-28(37)18-20-39)38-42-30-15-13-29(14-16-30)41-22-23-5-2-1-3-6-23/h4,7-16,21,23,28,31,38H,1-3,5-6,17-20,22,37H2. The SMILES string of the molecule is NC1CCN(C(=O)C(NSc2ccc(OCC3CCCCC3)cc2)C(F)(F)c2cccc(-c3ccc(Cl)cc3)c2)CC1. The number of hydrogen-bond acceptors (Lipinski definition) is 5. The first-order chi connectivity index (χ1) is 20.3. The third-order valence-corrected chi connectivity index (χ3v) is 9.33. The predicted octanol–water partition coefficient (Wildman–Crippen LogP) is 7.67. The Morgan fingerprint density at radius 2 is 1.67 bits per heavy atom. The number of carbonyl (C=O) groups excluding carboxylic acids is 1. The van der Waals surface area contributed by atoms with E-state index in [0.29, 0.717) is 53.9 Å². The number of nitrogens with two attached hydrogens (primary N) is 1. The van der Waals surface area contributed by atoms with Gasteiger partial charge in [-0.05, 0) is 97.1 Å². The van der Waals surface area contributed by atoms with E-state index in [0.717, 1.165) is 23.3 Å². The summed E-state index contributed by atoms with van der Waals surface area (Å²) in [7, 11) is 0. The summed E-state index contributed by atoms with van der Waals surface area (Å²) in [6, 6.07) is 18.8. The van der Waals surface area contributed by atoms with Crippen LogP contribution in [-0.2, 0) is 10.7 Å². The summed E-state index contributed by atoms with van der Waals surface area (Å²) in [4.78, 5) is 15.8. The molecule has 2 aliphatic rings. The van der Waals surface area contributed by atoms with Crippen molar-refractivity contribution in [2.75, 3.05) is 19.7 Å². The Hall–Kier alpha value is -2.65. The molecule has 42 heavy (non-hydrogen) atoms. The van der Waals surface area contributed by atoms with Crippen molar-refractivity contribution < 1.29 is 18.3 Å². The lowest BCUT2D eigenvalue weighted by molar-refractivity contribution is -0.145. The summed E-state index contributed by atoms with van der Waals surface area (Å²) in [5.74, 6) is -2.78. The van der Waals surface area contributed by atoms with Gasteiger partial charge in [0.25, 0.3) is 5.92 Å². The molecule has 3 N–H and O–H groups in total. The minimum atomic E-state index is -3.49. The van der Waals surface area contributed by atoms with Gasteiger partial charge in [-0.25, -0.2) is 4.72 Å². The molecule has 1 aliphatic heterocycles. The molecule has 0 radical (unpaired) electrons. The fraction of sp³-hybridized carbons (Fsp3) is 0.424. The lowest BCUT2D eigenvalue weighted by Crippen LogP contribution is -2.55. The van der Waals surface area contributed by atoms with Crippen molar-refractivity contribution >= 4 is 29.5 Å². The molecule has 1 unspecified atom stereocenters. The van der Waals surface area contributed by atoms with Gasteiger partial charge in [0.05, 0.1) is 6.61 Å². The fourth-order valence-electron chi connectivity index (χ4n) is 5.60. The Morgan fingerprint density at radius 3 is 2.36 bits per heavy atom. The highest BCUT2D eigenvalue weighted by Gasteiger charge is 2.48. The largest absolute Gasteiger partial charge is 0.493 e. The maximum absolute atomic E-state index is 16.3. The molecule has 2 fully saturated rings. The third kappa shape index (κ3) is 7.84. The number of alkyl halides is 2. The second kappa shape index (κ2) is 14.2. The maximum Gasteiger partial charge on any atom is 0.298 e. The molecule has 9 heteroatoms. The second-order valence-electron chi connectivity index (χ2n) is 11.3. The van der Waals surface area contributed by atoms with Crippen LogP contribution >= 0.6 is 23.5 Å². The first-order valence-corrected chi connectivity index (χ1v) is 15.9. The molecule has 0 spiro atoms. The van der Waals surface area contributed by atoms with E-state index in [1.807, 2.05) is 24.3 Å². The molecule has 1 saturated heterocycles. The summed E-state index contributed by atoms with van der Waals surface area (Å²) in [5, 5.41) is 0.567. The fourth-order valence-corrected chi connectivity index (χ4v) is 6.50. The highest BCUT2D eigenvalue weighted by Crippen LogP contribution is 2.37. The molecular weight excluding hydrogens is 576 g/mol. The monoisotopic (exact) mass is 613 g/mol. The summed E-state index contributed by atoms with van der Waals surface area (Å²) in [6.07, 6.45) is 7.40. The van der Waals surface area contributed by atoms with E-state index < -0.39 is 17.9 Å². The van der Waals surface area contributed by atoms with Gasteiger partial charge < -0.3 is 15.4 Å². The van der Waals surface area contributed by atoms with Crippen LogP contribution in [0.3, 0.4) is 0 Å². The Morgan fingerprint density at radius 1 is 0.976 bits per heavy atom. The third-order valence-electron chi connectivity index (χ3n) is 8.21. The number of rotatable bonds is 10. The summed E-state index contributed by atoms with van der Waals surface area (Å²) in [6.45, 7) is 1.41. The van der Waals surface area contributed by atoms with Crippen molar-refractivity contribution in [2.24, 2.45) is 11.7 Å². The first kappa shape index (κ1) is 30.8. The zero-order chi connectivity index (χ0) is 29.5. The molecule has 1 atom stereocenters. The highest BCUT2D eigenvalue weighted by atomic mass is 35.5. The zero-order valence-electron chi connectivity index (χ0n) is 23.6.